The predicted molar refractivity (Wildman–Crippen MR) is 71.1 cm³/mol. The summed E-state index contributed by atoms with van der Waals surface area (Å²) < 4.78 is 9.82. The van der Waals surface area contributed by atoms with Gasteiger partial charge in [0.05, 0.1) is 13.2 Å². The van der Waals surface area contributed by atoms with E-state index in [9.17, 15) is 9.59 Å². The summed E-state index contributed by atoms with van der Waals surface area (Å²) >= 11 is 0. The molecule has 0 heterocycles. The molecule has 0 rings (SSSR count). The summed E-state index contributed by atoms with van der Waals surface area (Å²) in [6.07, 6.45) is 0.861. The Morgan fingerprint density at radius 1 is 0.947 bits per heavy atom. The van der Waals surface area contributed by atoms with Crippen LogP contribution in [-0.4, -0.2) is 36.9 Å². The minimum absolute atomic E-state index is 0.130. The number of aliphatic hydroxyl groups excluding tert-OH is 1. The maximum absolute atomic E-state index is 11.1. The highest BCUT2D eigenvalue weighted by Crippen LogP contribution is 2.11. The molecule has 0 spiro atoms. The lowest BCUT2D eigenvalue weighted by molar-refractivity contribution is -0.139. The molecule has 1 N–H and O–H groups in total. The first-order valence-corrected chi connectivity index (χ1v) is 5.98. The van der Waals surface area contributed by atoms with E-state index < -0.39 is 11.9 Å². The number of ether oxygens (including phenoxy) is 2. The molecule has 0 aliphatic rings. The Morgan fingerprint density at radius 3 is 1.58 bits per heavy atom. The van der Waals surface area contributed by atoms with Crippen LogP contribution in [0.3, 0.4) is 0 Å². The second kappa shape index (κ2) is 9.33. The van der Waals surface area contributed by atoms with E-state index in [4.69, 9.17) is 14.6 Å². The van der Waals surface area contributed by atoms with Crippen LogP contribution in [0.1, 0.15) is 26.7 Å². The van der Waals surface area contributed by atoms with E-state index in [0.717, 1.165) is 5.92 Å². The smallest absolute Gasteiger partial charge is 0.333 e. The number of carbonyl (C=O) groups is 2. The normalized spacial score (nSPS) is 10.1. The van der Waals surface area contributed by atoms with Gasteiger partial charge in [0.2, 0.25) is 0 Å². The molecule has 0 bridgehead atoms. The van der Waals surface area contributed by atoms with E-state index in [1.54, 1.807) is 13.8 Å². The van der Waals surface area contributed by atoms with Gasteiger partial charge in [-0.15, -0.1) is 0 Å². The molecule has 19 heavy (non-hydrogen) atoms. The van der Waals surface area contributed by atoms with Gasteiger partial charge < -0.3 is 14.6 Å². The molecular weight excluding hydrogens is 248 g/mol. The van der Waals surface area contributed by atoms with Crippen LogP contribution in [-0.2, 0) is 19.1 Å². The van der Waals surface area contributed by atoms with Crippen molar-refractivity contribution in [3.63, 3.8) is 0 Å². The van der Waals surface area contributed by atoms with Gasteiger partial charge in [-0.3, -0.25) is 0 Å². The van der Waals surface area contributed by atoms with Gasteiger partial charge >= 0.3 is 11.9 Å². The van der Waals surface area contributed by atoms with Gasteiger partial charge in [-0.1, -0.05) is 13.2 Å². The van der Waals surface area contributed by atoms with Crippen molar-refractivity contribution in [2.45, 2.75) is 26.7 Å². The monoisotopic (exact) mass is 269 g/mol. The van der Waals surface area contributed by atoms with Crippen molar-refractivity contribution in [3.05, 3.63) is 30.2 Å². The van der Waals surface area contributed by atoms with Gasteiger partial charge in [0.25, 0.3) is 0 Å². The van der Waals surface area contributed by atoms with Gasteiger partial charge in [0, 0.05) is 23.7 Å². The summed E-state index contributed by atoms with van der Waals surface area (Å²) in [4.78, 5) is 22.2. The minimum atomic E-state index is -0.453. The van der Waals surface area contributed by atoms with Crippen LogP contribution in [0.15, 0.2) is 24.3 Å². The molecule has 0 aromatic heterocycles. The maximum atomic E-state index is 11.1. The molecule has 0 aromatic carbocycles. The molecule has 5 heteroatoms. The highest BCUT2D eigenvalue weighted by atomic mass is 16.5. The molecule has 0 saturated heterocycles. The standard InChI is InChI=1S/C14H21O5/c1-10(2)13(16)18-7-5-12(9-15)6-8-19-14(17)11(3)4/h15H,1,3,5-9H2,2,4H3. The minimum Gasteiger partial charge on any atom is -0.462 e. The lowest BCUT2D eigenvalue weighted by Gasteiger charge is -2.13. The molecule has 0 atom stereocenters. The number of hydrogen-bond acceptors (Lipinski definition) is 5. The third-order valence-corrected chi connectivity index (χ3v) is 2.30. The van der Waals surface area contributed by atoms with Gasteiger partial charge in [-0.05, 0) is 26.7 Å². The van der Waals surface area contributed by atoms with Crippen LogP contribution in [0.2, 0.25) is 0 Å². The Bertz CT molecular complexity index is 314. The number of esters is 2. The first-order valence-electron chi connectivity index (χ1n) is 5.98. The zero-order valence-electron chi connectivity index (χ0n) is 11.5. The third-order valence-electron chi connectivity index (χ3n) is 2.30. The topological polar surface area (TPSA) is 72.8 Å². The molecule has 1 radical (unpaired) electrons. The molecule has 0 aromatic rings. The van der Waals surface area contributed by atoms with Crippen molar-refractivity contribution in [1.29, 1.82) is 0 Å². The van der Waals surface area contributed by atoms with Crippen molar-refractivity contribution in [2.75, 3.05) is 19.8 Å². The highest BCUT2D eigenvalue weighted by Gasteiger charge is 2.12. The van der Waals surface area contributed by atoms with Gasteiger partial charge in [-0.2, -0.15) is 0 Å². The summed E-state index contributed by atoms with van der Waals surface area (Å²) in [5.74, 6) is -0.152. The summed E-state index contributed by atoms with van der Waals surface area (Å²) in [7, 11) is 0. The average molecular weight is 269 g/mol. The van der Waals surface area contributed by atoms with Crippen LogP contribution in [0.4, 0.5) is 0 Å². The fourth-order valence-corrected chi connectivity index (χ4v) is 1.11. The lowest BCUT2D eigenvalue weighted by Crippen LogP contribution is -2.15. The molecular formula is C14H21O5. The lowest BCUT2D eigenvalue weighted by atomic mass is 10.0. The van der Waals surface area contributed by atoms with Gasteiger partial charge in [0.15, 0.2) is 0 Å². The van der Waals surface area contributed by atoms with Crippen LogP contribution < -0.4 is 0 Å². The zero-order chi connectivity index (χ0) is 14.8. The quantitative estimate of drug-likeness (QED) is 0.508. The van der Waals surface area contributed by atoms with E-state index in [2.05, 4.69) is 13.2 Å². The van der Waals surface area contributed by atoms with E-state index in [1.807, 2.05) is 0 Å². The Balaban J connectivity index is 3.83. The predicted octanol–water partition coefficient (Wildman–Crippen LogP) is 1.57. The highest BCUT2D eigenvalue weighted by molar-refractivity contribution is 5.87. The van der Waals surface area contributed by atoms with Crippen LogP contribution in [0.25, 0.3) is 0 Å². The third kappa shape index (κ3) is 8.15. The largest absolute Gasteiger partial charge is 0.462 e. The fourth-order valence-electron chi connectivity index (χ4n) is 1.11. The summed E-state index contributed by atoms with van der Waals surface area (Å²) in [5, 5.41) is 9.12. The second-order valence-electron chi connectivity index (χ2n) is 4.24. The van der Waals surface area contributed by atoms with Crippen molar-refractivity contribution < 1.29 is 24.2 Å². The summed E-state index contributed by atoms with van der Waals surface area (Å²) in [5.41, 5.74) is 0.668. The molecule has 0 amide bonds. The molecule has 0 saturated carbocycles. The summed E-state index contributed by atoms with van der Waals surface area (Å²) in [6.45, 7) is 10.3. The summed E-state index contributed by atoms with van der Waals surface area (Å²) in [6, 6.07) is 0. The van der Waals surface area contributed by atoms with Crippen molar-refractivity contribution in [2.24, 2.45) is 0 Å². The molecule has 107 valence electrons. The van der Waals surface area contributed by atoms with Gasteiger partial charge in [-0.25, -0.2) is 9.59 Å². The van der Waals surface area contributed by atoms with Gasteiger partial charge in [0.1, 0.15) is 0 Å². The Morgan fingerprint density at radius 2 is 1.32 bits per heavy atom. The van der Waals surface area contributed by atoms with Crippen molar-refractivity contribution in [1.82, 2.24) is 0 Å². The first kappa shape index (κ1) is 17.4. The number of aliphatic hydroxyl groups is 1. The van der Waals surface area contributed by atoms with E-state index in [0.29, 0.717) is 24.0 Å². The van der Waals surface area contributed by atoms with E-state index in [1.165, 1.54) is 0 Å². The van der Waals surface area contributed by atoms with Crippen LogP contribution >= 0.6 is 0 Å². The molecule has 0 aliphatic carbocycles. The fraction of sp³-hybridized carbons (Fsp3) is 0.500. The van der Waals surface area contributed by atoms with Crippen LogP contribution in [0, 0.1) is 5.92 Å². The number of hydrogen-bond donors (Lipinski definition) is 1. The number of rotatable bonds is 9. The molecule has 5 nitrogen and oxygen atoms in total. The van der Waals surface area contributed by atoms with Crippen LogP contribution in [0.5, 0.6) is 0 Å². The zero-order valence-corrected chi connectivity index (χ0v) is 11.5. The number of carbonyl (C=O) groups excluding carboxylic acids is 2. The van der Waals surface area contributed by atoms with Crippen molar-refractivity contribution in [3.8, 4) is 0 Å². The van der Waals surface area contributed by atoms with Crippen molar-refractivity contribution >= 4 is 11.9 Å². The maximum Gasteiger partial charge on any atom is 0.333 e. The van der Waals surface area contributed by atoms with E-state index >= 15 is 0 Å². The Kier molecular flexibility index (Phi) is 8.53. The van der Waals surface area contributed by atoms with E-state index in [-0.39, 0.29) is 19.8 Å². The Hall–Kier alpha value is -1.62. The first-order chi connectivity index (χ1) is 8.88. The molecule has 0 aliphatic heterocycles. The Labute approximate surface area is 113 Å². The SMILES string of the molecule is C=C(C)C(=O)OCC[C](CO)CCOC(=O)C(=C)C. The molecule has 0 unspecified atom stereocenters. The molecule has 0 fully saturated rings. The second-order valence-corrected chi connectivity index (χ2v) is 4.24. The average Bonchev–Trinajstić information content (AvgIpc) is 2.35.